The molecule has 2 N–H and O–H groups in total. The first kappa shape index (κ1) is 19.9. The molecule has 0 aliphatic carbocycles. The van der Waals surface area contributed by atoms with Crippen molar-refractivity contribution in [1.29, 1.82) is 0 Å². The Labute approximate surface area is 164 Å². The number of amides is 1. The molecule has 150 valence electrons. The number of nitrogens with zero attached hydrogens (tertiary/aromatic N) is 3. The standard InChI is InChI=1S/C20H27N5O3/c1-12-13(2)22-17(24-18(12)26)14-6-7-16(21-10-14)25-9-8-15(11-25)23-19(27)28-20(3,4)5/h6-7,10,15H,8-9,11H2,1-5H3,(H,23,27)(H,22,24,26). The van der Waals surface area contributed by atoms with Gasteiger partial charge in [0.25, 0.3) is 5.56 Å². The molecule has 8 nitrogen and oxygen atoms in total. The van der Waals surface area contributed by atoms with Crippen LogP contribution in [0.5, 0.6) is 0 Å². The second-order valence-corrected chi connectivity index (χ2v) is 8.11. The average molecular weight is 385 g/mol. The molecule has 2 aromatic rings. The van der Waals surface area contributed by atoms with Crippen LogP contribution in [0, 0.1) is 13.8 Å². The smallest absolute Gasteiger partial charge is 0.407 e. The van der Waals surface area contributed by atoms with Crippen molar-refractivity contribution in [2.75, 3.05) is 18.0 Å². The summed E-state index contributed by atoms with van der Waals surface area (Å²) >= 11 is 0. The maximum Gasteiger partial charge on any atom is 0.407 e. The van der Waals surface area contributed by atoms with E-state index in [1.165, 1.54) is 0 Å². The summed E-state index contributed by atoms with van der Waals surface area (Å²) in [7, 11) is 0. The Morgan fingerprint density at radius 3 is 2.68 bits per heavy atom. The van der Waals surface area contributed by atoms with Gasteiger partial charge in [-0.15, -0.1) is 0 Å². The third kappa shape index (κ3) is 4.68. The number of aromatic amines is 1. The molecule has 1 fully saturated rings. The van der Waals surface area contributed by atoms with E-state index in [9.17, 15) is 9.59 Å². The van der Waals surface area contributed by atoms with Crippen LogP contribution in [0.2, 0.25) is 0 Å². The van der Waals surface area contributed by atoms with Gasteiger partial charge in [-0.2, -0.15) is 0 Å². The SMILES string of the molecule is Cc1nc(-c2ccc(N3CCC(NC(=O)OC(C)(C)C)C3)nc2)[nH]c(=O)c1C. The normalized spacial score (nSPS) is 16.9. The maximum absolute atomic E-state index is 12.0. The fraction of sp³-hybridized carbons (Fsp3) is 0.500. The molecular weight excluding hydrogens is 358 g/mol. The van der Waals surface area contributed by atoms with Crippen LogP contribution in [-0.2, 0) is 4.74 Å². The molecule has 3 rings (SSSR count). The van der Waals surface area contributed by atoms with Crippen LogP contribution in [-0.4, -0.2) is 45.8 Å². The predicted molar refractivity (Wildman–Crippen MR) is 108 cm³/mol. The van der Waals surface area contributed by atoms with Crippen LogP contribution in [0.15, 0.2) is 23.1 Å². The van der Waals surface area contributed by atoms with Gasteiger partial charge in [0.15, 0.2) is 0 Å². The molecule has 0 saturated carbocycles. The van der Waals surface area contributed by atoms with Crippen LogP contribution in [0.3, 0.4) is 0 Å². The van der Waals surface area contributed by atoms with E-state index < -0.39 is 11.7 Å². The van der Waals surface area contributed by atoms with Crippen LogP contribution >= 0.6 is 0 Å². The second-order valence-electron chi connectivity index (χ2n) is 8.11. The topological polar surface area (TPSA) is 100 Å². The Kier molecular flexibility index (Phi) is 5.40. The molecule has 1 saturated heterocycles. The molecule has 1 amide bonds. The van der Waals surface area contributed by atoms with Crippen molar-refractivity contribution in [3.05, 3.63) is 39.9 Å². The maximum atomic E-state index is 12.0. The number of carbonyl (C=O) groups is 1. The fourth-order valence-corrected chi connectivity index (χ4v) is 3.06. The molecule has 28 heavy (non-hydrogen) atoms. The number of aryl methyl sites for hydroxylation is 1. The average Bonchev–Trinajstić information content (AvgIpc) is 3.06. The van der Waals surface area contributed by atoms with Gasteiger partial charge >= 0.3 is 6.09 Å². The zero-order chi connectivity index (χ0) is 20.5. The zero-order valence-corrected chi connectivity index (χ0v) is 17.0. The van der Waals surface area contributed by atoms with Gasteiger partial charge in [-0.3, -0.25) is 4.79 Å². The lowest BCUT2D eigenvalue weighted by molar-refractivity contribution is 0.0509. The lowest BCUT2D eigenvalue weighted by atomic mass is 10.2. The van der Waals surface area contributed by atoms with Crippen molar-refractivity contribution in [3.63, 3.8) is 0 Å². The molecule has 8 heteroatoms. The first-order valence-corrected chi connectivity index (χ1v) is 9.41. The number of anilines is 1. The van der Waals surface area contributed by atoms with Crippen molar-refractivity contribution in [2.45, 2.75) is 52.7 Å². The first-order valence-electron chi connectivity index (χ1n) is 9.41. The summed E-state index contributed by atoms with van der Waals surface area (Å²) in [5.74, 6) is 1.33. The predicted octanol–water partition coefficient (Wildman–Crippen LogP) is 2.55. The van der Waals surface area contributed by atoms with E-state index in [0.717, 1.165) is 24.3 Å². The Bertz CT molecular complexity index is 915. The molecule has 1 aliphatic heterocycles. The van der Waals surface area contributed by atoms with Gasteiger partial charge in [-0.25, -0.2) is 14.8 Å². The van der Waals surface area contributed by atoms with Gasteiger partial charge in [0, 0.05) is 36.1 Å². The van der Waals surface area contributed by atoms with Gasteiger partial charge in [0.05, 0.1) is 6.04 Å². The number of hydrogen-bond acceptors (Lipinski definition) is 6. The largest absolute Gasteiger partial charge is 0.444 e. The van der Waals surface area contributed by atoms with Crippen molar-refractivity contribution >= 4 is 11.9 Å². The van der Waals surface area contributed by atoms with Gasteiger partial charge in [0.2, 0.25) is 0 Å². The third-order valence-corrected chi connectivity index (χ3v) is 4.65. The third-order valence-electron chi connectivity index (χ3n) is 4.65. The van der Waals surface area contributed by atoms with Crippen molar-refractivity contribution in [2.24, 2.45) is 0 Å². The van der Waals surface area contributed by atoms with Gasteiger partial charge < -0.3 is 19.9 Å². The van der Waals surface area contributed by atoms with Crippen molar-refractivity contribution in [3.8, 4) is 11.4 Å². The van der Waals surface area contributed by atoms with Gasteiger partial charge in [0.1, 0.15) is 17.2 Å². The lowest BCUT2D eigenvalue weighted by Gasteiger charge is -2.22. The Balaban J connectivity index is 1.65. The summed E-state index contributed by atoms with van der Waals surface area (Å²) in [4.78, 5) is 37.7. The van der Waals surface area contributed by atoms with E-state index >= 15 is 0 Å². The van der Waals surface area contributed by atoms with E-state index in [1.807, 2.05) is 39.8 Å². The van der Waals surface area contributed by atoms with E-state index in [0.29, 0.717) is 23.6 Å². The molecule has 1 unspecified atom stereocenters. The summed E-state index contributed by atoms with van der Waals surface area (Å²) in [6.07, 6.45) is 2.14. The highest BCUT2D eigenvalue weighted by Crippen LogP contribution is 2.21. The summed E-state index contributed by atoms with van der Waals surface area (Å²) in [5.41, 5.74) is 1.43. The summed E-state index contributed by atoms with van der Waals surface area (Å²) < 4.78 is 5.31. The molecule has 0 bridgehead atoms. The fourth-order valence-electron chi connectivity index (χ4n) is 3.06. The number of pyridine rings is 1. The molecule has 0 radical (unpaired) electrons. The van der Waals surface area contributed by atoms with Crippen LogP contribution in [0.1, 0.15) is 38.4 Å². The molecule has 3 heterocycles. The van der Waals surface area contributed by atoms with E-state index in [2.05, 4.69) is 25.2 Å². The monoisotopic (exact) mass is 385 g/mol. The highest BCUT2D eigenvalue weighted by atomic mass is 16.6. The van der Waals surface area contributed by atoms with Gasteiger partial charge in [-0.05, 0) is 53.2 Å². The first-order chi connectivity index (χ1) is 13.1. The minimum Gasteiger partial charge on any atom is -0.444 e. The molecule has 0 aromatic carbocycles. The molecule has 1 atom stereocenters. The highest BCUT2D eigenvalue weighted by Gasteiger charge is 2.26. The summed E-state index contributed by atoms with van der Waals surface area (Å²) in [6.45, 7) is 10.6. The van der Waals surface area contributed by atoms with Gasteiger partial charge in [-0.1, -0.05) is 0 Å². The minimum atomic E-state index is -0.511. The summed E-state index contributed by atoms with van der Waals surface area (Å²) in [5, 5.41) is 2.91. The quantitative estimate of drug-likeness (QED) is 0.842. The Hall–Kier alpha value is -2.90. The van der Waals surface area contributed by atoms with Crippen molar-refractivity contribution in [1.82, 2.24) is 20.3 Å². The lowest BCUT2D eigenvalue weighted by Crippen LogP contribution is -2.40. The number of aromatic nitrogens is 3. The number of alkyl carbamates (subject to hydrolysis) is 1. The number of ether oxygens (including phenoxy) is 1. The van der Waals surface area contributed by atoms with E-state index in [1.54, 1.807) is 13.1 Å². The molecule has 0 spiro atoms. The Morgan fingerprint density at radius 1 is 1.32 bits per heavy atom. The zero-order valence-electron chi connectivity index (χ0n) is 17.0. The van der Waals surface area contributed by atoms with Crippen molar-refractivity contribution < 1.29 is 9.53 Å². The number of carbonyl (C=O) groups excluding carboxylic acids is 1. The summed E-state index contributed by atoms with van der Waals surface area (Å²) in [6, 6.07) is 3.82. The molecular formula is C20H27N5O3. The Morgan fingerprint density at radius 2 is 2.07 bits per heavy atom. The van der Waals surface area contributed by atoms with Crippen LogP contribution in [0.4, 0.5) is 10.6 Å². The van der Waals surface area contributed by atoms with E-state index in [4.69, 9.17) is 4.74 Å². The van der Waals surface area contributed by atoms with E-state index in [-0.39, 0.29) is 11.6 Å². The second kappa shape index (κ2) is 7.61. The molecule has 2 aromatic heterocycles. The number of nitrogens with one attached hydrogen (secondary N) is 2. The number of rotatable bonds is 3. The number of H-pyrrole nitrogens is 1. The molecule has 1 aliphatic rings. The van der Waals surface area contributed by atoms with Crippen LogP contribution < -0.4 is 15.8 Å². The minimum absolute atomic E-state index is 0.0223. The number of hydrogen-bond donors (Lipinski definition) is 2. The van der Waals surface area contributed by atoms with Crippen LogP contribution in [0.25, 0.3) is 11.4 Å². The highest BCUT2D eigenvalue weighted by molar-refractivity contribution is 5.68.